The van der Waals surface area contributed by atoms with Crippen LogP contribution in [0.2, 0.25) is 0 Å². The van der Waals surface area contributed by atoms with E-state index in [-0.39, 0.29) is 6.04 Å². The van der Waals surface area contributed by atoms with Crippen LogP contribution in [0.1, 0.15) is 46.0 Å². The number of carbonyl (C=O) groups is 1. The van der Waals surface area contributed by atoms with Crippen LogP contribution >= 0.6 is 0 Å². The van der Waals surface area contributed by atoms with E-state index in [0.717, 1.165) is 32.1 Å². The van der Waals surface area contributed by atoms with Crippen LogP contribution in [0, 0.1) is 5.92 Å². The van der Waals surface area contributed by atoms with E-state index in [9.17, 15) is 13.6 Å². The highest BCUT2D eigenvalue weighted by atomic mass is 32.2. The standard InChI is InChI=1S/C12H24N2O4S/c1-12(2,18-11(13)15)8-9-4-6-10(7-5-9)14(3)19(16)17/h9-10H,4-8H2,1-3H3,(H2,13,15)(H,16,17)/p-1. The van der Waals surface area contributed by atoms with Crippen LogP contribution < -0.4 is 5.73 Å². The van der Waals surface area contributed by atoms with Crippen molar-refractivity contribution in [3.05, 3.63) is 0 Å². The van der Waals surface area contributed by atoms with Crippen LogP contribution in [0.4, 0.5) is 4.79 Å². The summed E-state index contributed by atoms with van der Waals surface area (Å²) < 4.78 is 28.2. The Balaban J connectivity index is 2.42. The van der Waals surface area contributed by atoms with Gasteiger partial charge in [0.05, 0.1) is 0 Å². The van der Waals surface area contributed by atoms with Crippen molar-refractivity contribution in [3.8, 4) is 0 Å². The summed E-state index contributed by atoms with van der Waals surface area (Å²) in [5.41, 5.74) is 4.48. The number of rotatable bonds is 5. The van der Waals surface area contributed by atoms with Gasteiger partial charge in [-0.15, -0.1) is 0 Å². The van der Waals surface area contributed by atoms with Gasteiger partial charge in [0, 0.05) is 17.3 Å². The Kier molecular flexibility index (Phi) is 5.76. The predicted octanol–water partition coefficient (Wildman–Crippen LogP) is 1.54. The third kappa shape index (κ3) is 5.46. The smallest absolute Gasteiger partial charge is 0.405 e. The van der Waals surface area contributed by atoms with Crippen molar-refractivity contribution in [3.63, 3.8) is 0 Å². The van der Waals surface area contributed by atoms with Gasteiger partial charge in [0.25, 0.3) is 0 Å². The molecule has 0 aromatic heterocycles. The fourth-order valence-corrected chi connectivity index (χ4v) is 3.30. The van der Waals surface area contributed by atoms with Crippen molar-refractivity contribution in [2.24, 2.45) is 11.7 Å². The third-order valence-electron chi connectivity index (χ3n) is 3.72. The van der Waals surface area contributed by atoms with Crippen LogP contribution in [-0.4, -0.2) is 37.9 Å². The molecule has 1 saturated carbocycles. The topological polar surface area (TPSA) is 95.7 Å². The van der Waals surface area contributed by atoms with Gasteiger partial charge in [0.15, 0.2) is 0 Å². The molecular formula is C12H23N2O4S-. The molecule has 7 heteroatoms. The molecule has 1 aliphatic rings. The molecule has 6 nitrogen and oxygen atoms in total. The molecular weight excluding hydrogens is 268 g/mol. The molecule has 1 fully saturated rings. The van der Waals surface area contributed by atoms with Gasteiger partial charge in [-0.1, -0.05) is 0 Å². The minimum absolute atomic E-state index is 0.0924. The van der Waals surface area contributed by atoms with Gasteiger partial charge >= 0.3 is 6.09 Å². The average molecular weight is 291 g/mol. The van der Waals surface area contributed by atoms with Gasteiger partial charge in [-0.25, -0.2) is 9.10 Å². The van der Waals surface area contributed by atoms with Gasteiger partial charge in [-0.05, 0) is 58.9 Å². The zero-order valence-corrected chi connectivity index (χ0v) is 12.6. The molecule has 19 heavy (non-hydrogen) atoms. The number of ether oxygens (including phenoxy) is 1. The molecule has 2 N–H and O–H groups in total. The molecule has 0 bridgehead atoms. The number of nitrogens with zero attached hydrogens (tertiary/aromatic N) is 1. The van der Waals surface area contributed by atoms with Gasteiger partial charge in [-0.2, -0.15) is 0 Å². The van der Waals surface area contributed by atoms with E-state index >= 15 is 0 Å². The maximum Gasteiger partial charge on any atom is 0.405 e. The molecule has 1 atom stereocenters. The van der Waals surface area contributed by atoms with E-state index in [4.69, 9.17) is 10.5 Å². The summed E-state index contributed by atoms with van der Waals surface area (Å²) in [5.74, 6) is 0.444. The third-order valence-corrected chi connectivity index (χ3v) is 4.49. The molecule has 0 heterocycles. The molecule has 112 valence electrons. The SMILES string of the molecule is CN(C1CCC(CC(C)(C)OC(N)=O)CC1)S(=O)[O-]. The number of amides is 1. The van der Waals surface area contributed by atoms with Crippen molar-refractivity contribution in [1.82, 2.24) is 4.31 Å². The Bertz CT molecular complexity index is 341. The maximum atomic E-state index is 10.9. The minimum Gasteiger partial charge on any atom is -0.760 e. The molecule has 1 unspecified atom stereocenters. The van der Waals surface area contributed by atoms with Crippen LogP contribution in [0.5, 0.6) is 0 Å². The lowest BCUT2D eigenvalue weighted by Crippen LogP contribution is -2.38. The van der Waals surface area contributed by atoms with Crippen LogP contribution in [-0.2, 0) is 16.0 Å². The largest absolute Gasteiger partial charge is 0.760 e. The van der Waals surface area contributed by atoms with E-state index < -0.39 is 23.0 Å². The second-order valence-electron chi connectivity index (χ2n) is 5.82. The van der Waals surface area contributed by atoms with Gasteiger partial charge in [0.2, 0.25) is 0 Å². The Hall–Kier alpha value is -0.660. The summed E-state index contributed by atoms with van der Waals surface area (Å²) >= 11 is -2.15. The van der Waals surface area contributed by atoms with Gasteiger partial charge < -0.3 is 15.0 Å². The van der Waals surface area contributed by atoms with E-state index in [2.05, 4.69) is 0 Å². The summed E-state index contributed by atoms with van der Waals surface area (Å²) in [4.78, 5) is 10.8. The van der Waals surface area contributed by atoms with Crippen LogP contribution in [0.3, 0.4) is 0 Å². The molecule has 1 rings (SSSR count). The highest BCUT2D eigenvalue weighted by Crippen LogP contribution is 2.33. The Morgan fingerprint density at radius 1 is 1.42 bits per heavy atom. The number of primary amides is 1. The second kappa shape index (κ2) is 6.67. The summed E-state index contributed by atoms with van der Waals surface area (Å²) in [5, 5.41) is 0. The molecule has 0 aromatic carbocycles. The molecule has 0 aliphatic heterocycles. The fourth-order valence-electron chi connectivity index (χ4n) is 2.84. The average Bonchev–Trinajstić information content (AvgIpc) is 2.26. The summed E-state index contributed by atoms with van der Waals surface area (Å²) in [6.07, 6.45) is 3.59. The maximum absolute atomic E-state index is 10.9. The zero-order valence-electron chi connectivity index (χ0n) is 11.8. The van der Waals surface area contributed by atoms with Crippen LogP contribution in [0.15, 0.2) is 0 Å². The molecule has 0 spiro atoms. The summed E-state index contributed by atoms with van der Waals surface area (Å²) in [6.45, 7) is 3.70. The fraction of sp³-hybridized carbons (Fsp3) is 0.917. The quantitative estimate of drug-likeness (QED) is 0.777. The molecule has 0 radical (unpaired) electrons. The van der Waals surface area contributed by atoms with Crippen molar-refractivity contribution in [1.29, 1.82) is 0 Å². The molecule has 0 aromatic rings. The van der Waals surface area contributed by atoms with E-state index in [1.165, 1.54) is 4.31 Å². The number of nitrogens with two attached hydrogens (primary N) is 1. The lowest BCUT2D eigenvalue weighted by atomic mass is 9.80. The highest BCUT2D eigenvalue weighted by molar-refractivity contribution is 7.76. The van der Waals surface area contributed by atoms with Crippen molar-refractivity contribution in [2.45, 2.75) is 57.6 Å². The first-order valence-corrected chi connectivity index (χ1v) is 7.55. The van der Waals surface area contributed by atoms with Crippen molar-refractivity contribution >= 4 is 17.4 Å². The lowest BCUT2D eigenvalue weighted by Gasteiger charge is -2.37. The number of carbonyl (C=O) groups excluding carboxylic acids is 1. The monoisotopic (exact) mass is 291 g/mol. The first-order chi connectivity index (χ1) is 8.71. The summed E-state index contributed by atoms with van der Waals surface area (Å²) in [7, 11) is 1.61. The van der Waals surface area contributed by atoms with E-state index in [1.54, 1.807) is 7.05 Å². The second-order valence-corrected chi connectivity index (χ2v) is 6.83. The highest BCUT2D eigenvalue weighted by Gasteiger charge is 2.30. The lowest BCUT2D eigenvalue weighted by molar-refractivity contribution is 0.0196. The van der Waals surface area contributed by atoms with Crippen LogP contribution in [0.25, 0.3) is 0 Å². The van der Waals surface area contributed by atoms with Gasteiger partial charge in [-0.3, -0.25) is 4.21 Å². The minimum atomic E-state index is -2.15. The Morgan fingerprint density at radius 2 is 1.95 bits per heavy atom. The number of hydrogen-bond donors (Lipinski definition) is 1. The summed E-state index contributed by atoms with van der Waals surface area (Å²) in [6, 6.07) is 0.0924. The Labute approximate surface area is 117 Å². The van der Waals surface area contributed by atoms with Crippen molar-refractivity contribution < 1.29 is 18.3 Å². The van der Waals surface area contributed by atoms with Gasteiger partial charge in [0.1, 0.15) is 5.60 Å². The molecule has 1 aliphatic carbocycles. The van der Waals surface area contributed by atoms with Crippen molar-refractivity contribution in [2.75, 3.05) is 7.05 Å². The molecule has 0 saturated heterocycles. The van der Waals surface area contributed by atoms with E-state index in [0.29, 0.717) is 5.92 Å². The predicted molar refractivity (Wildman–Crippen MR) is 71.8 cm³/mol. The Morgan fingerprint density at radius 3 is 2.37 bits per heavy atom. The zero-order chi connectivity index (χ0) is 14.6. The number of hydrogen-bond acceptors (Lipinski definition) is 4. The normalized spacial score (nSPS) is 26.2. The van der Waals surface area contributed by atoms with E-state index in [1.807, 2.05) is 13.8 Å². The molecule has 1 amide bonds. The first kappa shape index (κ1) is 16.4. The first-order valence-electron chi connectivity index (χ1n) is 6.52.